The van der Waals surface area contributed by atoms with Crippen LogP contribution in [0.5, 0.6) is 0 Å². The van der Waals surface area contributed by atoms with Crippen molar-refractivity contribution in [2.75, 3.05) is 16.8 Å². The van der Waals surface area contributed by atoms with Crippen molar-refractivity contribution in [1.29, 1.82) is 0 Å². The maximum atomic E-state index is 12.2. The number of benzene rings is 2. The van der Waals surface area contributed by atoms with E-state index in [0.29, 0.717) is 11.3 Å². The van der Waals surface area contributed by atoms with Crippen molar-refractivity contribution < 1.29 is 4.79 Å². The van der Waals surface area contributed by atoms with Gasteiger partial charge in [-0.2, -0.15) is 0 Å². The lowest BCUT2D eigenvalue weighted by Crippen LogP contribution is -2.30. The molecule has 4 rings (SSSR count). The van der Waals surface area contributed by atoms with E-state index in [2.05, 4.69) is 39.5 Å². The van der Waals surface area contributed by atoms with Gasteiger partial charge in [0.05, 0.1) is 11.9 Å². The minimum atomic E-state index is -0.123. The molecule has 0 saturated heterocycles. The Hall–Kier alpha value is -3.14. The molecular weight excluding hydrogens is 310 g/mol. The fraction of sp³-hybridized carbons (Fsp3) is 0.143. The lowest BCUT2D eigenvalue weighted by Gasteiger charge is -2.29. The van der Waals surface area contributed by atoms with Crippen molar-refractivity contribution in [2.24, 2.45) is 0 Å². The second-order valence-electron chi connectivity index (χ2n) is 6.17. The summed E-state index contributed by atoms with van der Waals surface area (Å²) in [5.41, 5.74) is 4.12. The number of carbonyl (C=O) groups is 1. The smallest absolute Gasteiger partial charge is 0.255 e. The van der Waals surface area contributed by atoms with E-state index in [1.54, 1.807) is 18.3 Å². The molecule has 1 N–H and O–H groups in total. The number of anilines is 2. The SMILES string of the molecule is O=C(Nc1ccc(N2CCc3ccccc3C2)nc1)c1ccccc1. The van der Waals surface area contributed by atoms with Crippen LogP contribution in [0.3, 0.4) is 0 Å². The van der Waals surface area contributed by atoms with Gasteiger partial charge >= 0.3 is 0 Å². The van der Waals surface area contributed by atoms with Gasteiger partial charge in [-0.1, -0.05) is 42.5 Å². The third-order valence-corrected chi connectivity index (χ3v) is 4.50. The summed E-state index contributed by atoms with van der Waals surface area (Å²) in [4.78, 5) is 19.0. The van der Waals surface area contributed by atoms with E-state index in [1.807, 2.05) is 30.3 Å². The molecule has 1 aromatic heterocycles. The lowest BCUT2D eigenvalue weighted by atomic mass is 10.00. The van der Waals surface area contributed by atoms with Crippen LogP contribution in [0.25, 0.3) is 0 Å². The highest BCUT2D eigenvalue weighted by Crippen LogP contribution is 2.23. The number of rotatable bonds is 3. The van der Waals surface area contributed by atoms with Crippen LogP contribution in [0.2, 0.25) is 0 Å². The summed E-state index contributed by atoms with van der Waals surface area (Å²) >= 11 is 0. The van der Waals surface area contributed by atoms with E-state index in [9.17, 15) is 4.79 Å². The summed E-state index contributed by atoms with van der Waals surface area (Å²) in [6, 6.07) is 21.6. The predicted molar refractivity (Wildman–Crippen MR) is 99.8 cm³/mol. The number of nitrogens with zero attached hydrogens (tertiary/aromatic N) is 2. The third kappa shape index (κ3) is 3.38. The van der Waals surface area contributed by atoms with Crippen molar-refractivity contribution in [3.8, 4) is 0 Å². The Morgan fingerprint density at radius 2 is 1.68 bits per heavy atom. The molecule has 25 heavy (non-hydrogen) atoms. The fourth-order valence-electron chi connectivity index (χ4n) is 3.13. The van der Waals surface area contributed by atoms with E-state index in [1.165, 1.54) is 11.1 Å². The molecule has 124 valence electrons. The Morgan fingerprint density at radius 3 is 2.44 bits per heavy atom. The Bertz CT molecular complexity index is 875. The molecule has 0 fully saturated rings. The lowest BCUT2D eigenvalue weighted by molar-refractivity contribution is 0.102. The maximum Gasteiger partial charge on any atom is 0.255 e. The highest BCUT2D eigenvalue weighted by Gasteiger charge is 2.17. The molecule has 0 bridgehead atoms. The molecule has 0 unspecified atom stereocenters. The first-order valence-corrected chi connectivity index (χ1v) is 8.44. The topological polar surface area (TPSA) is 45.2 Å². The molecule has 4 nitrogen and oxygen atoms in total. The molecule has 2 heterocycles. The largest absolute Gasteiger partial charge is 0.352 e. The zero-order valence-electron chi connectivity index (χ0n) is 13.9. The van der Waals surface area contributed by atoms with Gasteiger partial charge in [0.25, 0.3) is 5.91 Å². The van der Waals surface area contributed by atoms with E-state index in [4.69, 9.17) is 0 Å². The van der Waals surface area contributed by atoms with E-state index in [-0.39, 0.29) is 5.91 Å². The van der Waals surface area contributed by atoms with Gasteiger partial charge in [-0.3, -0.25) is 4.79 Å². The van der Waals surface area contributed by atoms with Crippen LogP contribution in [0.1, 0.15) is 21.5 Å². The van der Waals surface area contributed by atoms with Gasteiger partial charge in [0, 0.05) is 18.7 Å². The number of amides is 1. The minimum absolute atomic E-state index is 0.123. The first-order valence-electron chi connectivity index (χ1n) is 8.44. The monoisotopic (exact) mass is 329 g/mol. The normalized spacial score (nSPS) is 13.2. The molecule has 0 saturated carbocycles. The summed E-state index contributed by atoms with van der Waals surface area (Å²) in [7, 11) is 0. The third-order valence-electron chi connectivity index (χ3n) is 4.50. The maximum absolute atomic E-state index is 12.2. The molecule has 0 atom stereocenters. The summed E-state index contributed by atoms with van der Waals surface area (Å²) in [5.74, 6) is 0.814. The summed E-state index contributed by atoms with van der Waals surface area (Å²) in [6.07, 6.45) is 2.75. The standard InChI is InChI=1S/C21H19N3O/c25-21(17-7-2-1-3-8-17)23-19-10-11-20(22-14-19)24-13-12-16-6-4-5-9-18(16)15-24/h1-11,14H,12-13,15H2,(H,23,25). The highest BCUT2D eigenvalue weighted by atomic mass is 16.1. The zero-order valence-corrected chi connectivity index (χ0v) is 13.9. The Balaban J connectivity index is 1.45. The van der Waals surface area contributed by atoms with Crippen molar-refractivity contribution in [3.63, 3.8) is 0 Å². The number of carbonyl (C=O) groups excluding carboxylic acids is 1. The summed E-state index contributed by atoms with van der Waals surface area (Å²) < 4.78 is 0. The van der Waals surface area contributed by atoms with Gasteiger partial charge in [-0.15, -0.1) is 0 Å². The first kappa shape index (κ1) is 15.4. The van der Waals surface area contributed by atoms with Crippen molar-refractivity contribution in [3.05, 3.63) is 89.6 Å². The van der Waals surface area contributed by atoms with Gasteiger partial charge in [-0.05, 0) is 41.8 Å². The van der Waals surface area contributed by atoms with Crippen LogP contribution in [0, 0.1) is 0 Å². The van der Waals surface area contributed by atoms with Gasteiger partial charge in [0.1, 0.15) is 5.82 Å². The number of hydrogen-bond donors (Lipinski definition) is 1. The van der Waals surface area contributed by atoms with Gasteiger partial charge < -0.3 is 10.2 Å². The molecule has 2 aromatic carbocycles. The second kappa shape index (κ2) is 6.77. The second-order valence-corrected chi connectivity index (χ2v) is 6.17. The Labute approximate surface area is 147 Å². The molecule has 1 aliphatic heterocycles. The quantitative estimate of drug-likeness (QED) is 0.793. The molecular formula is C21H19N3O. The van der Waals surface area contributed by atoms with E-state index in [0.717, 1.165) is 25.3 Å². The highest BCUT2D eigenvalue weighted by molar-refractivity contribution is 6.04. The molecule has 3 aromatic rings. The average Bonchev–Trinajstić information content (AvgIpc) is 2.69. The Morgan fingerprint density at radius 1 is 0.920 bits per heavy atom. The number of aromatic nitrogens is 1. The predicted octanol–water partition coefficient (Wildman–Crippen LogP) is 3.90. The molecule has 1 aliphatic rings. The van der Waals surface area contributed by atoms with Gasteiger partial charge in [0.2, 0.25) is 0 Å². The van der Waals surface area contributed by atoms with Crippen LogP contribution in [0.15, 0.2) is 72.9 Å². The Kier molecular flexibility index (Phi) is 4.17. The van der Waals surface area contributed by atoms with Crippen LogP contribution in [0.4, 0.5) is 11.5 Å². The molecule has 4 heteroatoms. The van der Waals surface area contributed by atoms with Gasteiger partial charge in [0.15, 0.2) is 0 Å². The molecule has 0 radical (unpaired) electrons. The number of pyridine rings is 1. The van der Waals surface area contributed by atoms with Crippen molar-refractivity contribution in [2.45, 2.75) is 13.0 Å². The zero-order chi connectivity index (χ0) is 17.1. The molecule has 1 amide bonds. The van der Waals surface area contributed by atoms with E-state index < -0.39 is 0 Å². The van der Waals surface area contributed by atoms with Crippen LogP contribution in [-0.4, -0.2) is 17.4 Å². The summed E-state index contributed by atoms with van der Waals surface area (Å²) in [5, 5.41) is 2.88. The number of fused-ring (bicyclic) bond motifs is 1. The van der Waals surface area contributed by atoms with Crippen LogP contribution >= 0.6 is 0 Å². The van der Waals surface area contributed by atoms with Crippen LogP contribution in [-0.2, 0) is 13.0 Å². The first-order chi connectivity index (χ1) is 12.3. The summed E-state index contributed by atoms with van der Waals surface area (Å²) in [6.45, 7) is 1.83. The van der Waals surface area contributed by atoms with E-state index >= 15 is 0 Å². The number of nitrogens with one attached hydrogen (secondary N) is 1. The molecule has 0 aliphatic carbocycles. The van der Waals surface area contributed by atoms with Crippen molar-refractivity contribution >= 4 is 17.4 Å². The molecule has 0 spiro atoms. The van der Waals surface area contributed by atoms with Gasteiger partial charge in [-0.25, -0.2) is 4.98 Å². The minimum Gasteiger partial charge on any atom is -0.352 e. The average molecular weight is 329 g/mol. The van der Waals surface area contributed by atoms with Crippen LogP contribution < -0.4 is 10.2 Å². The fourth-order valence-corrected chi connectivity index (χ4v) is 3.13. The number of hydrogen-bond acceptors (Lipinski definition) is 3. The van der Waals surface area contributed by atoms with Crippen molar-refractivity contribution in [1.82, 2.24) is 4.98 Å².